The Balaban J connectivity index is 1.90. The van der Waals surface area contributed by atoms with Crippen LogP contribution in [-0.2, 0) is 4.79 Å². The molecular weight excluding hydrogens is 462 g/mol. The number of carboxylic acid groups (broad SMARTS) is 1. The topological polar surface area (TPSA) is 92.6 Å². The minimum Gasteiger partial charge on any atom is -0.490 e. The molecule has 35 heavy (non-hydrogen) atoms. The third kappa shape index (κ3) is 7.53. The summed E-state index contributed by atoms with van der Waals surface area (Å²) in [6.07, 6.45) is 8.80. The molecule has 2 aromatic heterocycles. The second kappa shape index (κ2) is 11.7. The maximum absolute atomic E-state index is 13.8. The molecule has 3 rings (SSSR count). The number of aromatic carboxylic acids is 1. The lowest BCUT2D eigenvalue weighted by Crippen LogP contribution is -2.44. The lowest BCUT2D eigenvalue weighted by molar-refractivity contribution is -0.124. The number of nitrogens with zero attached hydrogens (tertiary/aromatic N) is 3. The fourth-order valence-corrected chi connectivity index (χ4v) is 4.98. The Morgan fingerprint density at radius 1 is 1.23 bits per heavy atom. The number of ether oxygens (including phenoxy) is 1. The fraction of sp³-hybridized carbons (Fsp3) is 0.556. The largest absolute Gasteiger partial charge is 0.490 e. The molecule has 2 heterocycles. The fourth-order valence-electron chi connectivity index (χ4n) is 4.14. The maximum Gasteiger partial charge on any atom is 0.348 e. The number of thiophene rings is 1. The van der Waals surface area contributed by atoms with Crippen molar-refractivity contribution in [3.63, 3.8) is 0 Å². The van der Waals surface area contributed by atoms with Crippen molar-refractivity contribution in [2.45, 2.75) is 72.8 Å². The van der Waals surface area contributed by atoms with Crippen LogP contribution >= 0.6 is 11.3 Å². The molecule has 0 bridgehead atoms. The van der Waals surface area contributed by atoms with Crippen molar-refractivity contribution >= 4 is 28.9 Å². The Hall–Kier alpha value is -2.92. The highest BCUT2D eigenvalue weighted by Crippen LogP contribution is 2.36. The smallest absolute Gasteiger partial charge is 0.348 e. The highest BCUT2D eigenvalue weighted by molar-refractivity contribution is 7.15. The predicted octanol–water partition coefficient (Wildman–Crippen LogP) is 5.65. The van der Waals surface area contributed by atoms with E-state index in [1.807, 2.05) is 27.7 Å². The second-order valence-electron chi connectivity index (χ2n) is 10.4. The zero-order chi connectivity index (χ0) is 25.6. The second-order valence-corrected chi connectivity index (χ2v) is 11.4. The monoisotopic (exact) mass is 497 g/mol. The van der Waals surface area contributed by atoms with Gasteiger partial charge >= 0.3 is 5.97 Å². The molecule has 0 spiro atoms. The Labute approximate surface area is 211 Å². The molecule has 1 aliphatic carbocycles. The molecule has 0 saturated heterocycles. The molecule has 188 valence electrons. The van der Waals surface area contributed by atoms with E-state index in [4.69, 9.17) is 4.74 Å². The zero-order valence-corrected chi connectivity index (χ0v) is 22.0. The standard InChI is InChI=1S/C27H35N3O4S/c1-18-6-8-20(9-7-18)25(31)30(19(2)11-13-34-21-15-28-17-29-16-21)23-14-22(10-12-27(3,4)5)35-24(23)26(32)33/h14-20H,6-9,11,13H2,1-5H3,(H,32,33)/t18-,19-,20-/m0/s1. The third-order valence-corrected chi connectivity index (χ3v) is 7.14. The van der Waals surface area contributed by atoms with Gasteiger partial charge in [-0.15, -0.1) is 11.3 Å². The van der Waals surface area contributed by atoms with Crippen LogP contribution in [0.3, 0.4) is 0 Å². The normalized spacial score (nSPS) is 18.8. The van der Waals surface area contributed by atoms with E-state index in [-0.39, 0.29) is 28.2 Å². The summed E-state index contributed by atoms with van der Waals surface area (Å²) in [6.45, 7) is 10.5. The Kier molecular flexibility index (Phi) is 8.90. The van der Waals surface area contributed by atoms with Gasteiger partial charge in [-0.25, -0.2) is 14.8 Å². The van der Waals surface area contributed by atoms with Crippen molar-refractivity contribution in [2.24, 2.45) is 17.3 Å². The van der Waals surface area contributed by atoms with E-state index in [0.717, 1.165) is 37.0 Å². The Morgan fingerprint density at radius 2 is 1.89 bits per heavy atom. The Bertz CT molecular complexity index is 1070. The first-order valence-corrected chi connectivity index (χ1v) is 13.0. The van der Waals surface area contributed by atoms with Crippen molar-refractivity contribution < 1.29 is 19.4 Å². The summed E-state index contributed by atoms with van der Waals surface area (Å²) in [4.78, 5) is 36.4. The quantitative estimate of drug-likeness (QED) is 0.474. The zero-order valence-electron chi connectivity index (χ0n) is 21.2. The van der Waals surface area contributed by atoms with E-state index >= 15 is 0 Å². The highest BCUT2D eigenvalue weighted by atomic mass is 32.1. The number of anilines is 1. The molecule has 1 saturated carbocycles. The van der Waals surface area contributed by atoms with Crippen LogP contribution in [0.1, 0.15) is 81.3 Å². The van der Waals surface area contributed by atoms with Crippen LogP contribution in [0.25, 0.3) is 0 Å². The molecule has 7 nitrogen and oxygen atoms in total. The molecule has 0 aliphatic heterocycles. The first kappa shape index (κ1) is 26.7. The molecule has 1 N–H and O–H groups in total. The summed E-state index contributed by atoms with van der Waals surface area (Å²) >= 11 is 1.12. The highest BCUT2D eigenvalue weighted by Gasteiger charge is 2.34. The van der Waals surface area contributed by atoms with Crippen LogP contribution in [0, 0.1) is 29.1 Å². The van der Waals surface area contributed by atoms with Gasteiger partial charge in [0.25, 0.3) is 0 Å². The van der Waals surface area contributed by atoms with Gasteiger partial charge in [0.1, 0.15) is 11.2 Å². The average Bonchev–Trinajstić information content (AvgIpc) is 3.23. The first-order chi connectivity index (χ1) is 16.5. The number of carbonyl (C=O) groups is 2. The van der Waals surface area contributed by atoms with E-state index < -0.39 is 5.97 Å². The summed E-state index contributed by atoms with van der Waals surface area (Å²) in [7, 11) is 0. The number of carboxylic acids is 1. The Morgan fingerprint density at radius 3 is 2.49 bits per heavy atom. The van der Waals surface area contributed by atoms with E-state index in [1.54, 1.807) is 23.4 Å². The minimum atomic E-state index is -1.05. The average molecular weight is 498 g/mol. The van der Waals surface area contributed by atoms with Crippen molar-refractivity contribution in [1.29, 1.82) is 0 Å². The molecule has 8 heteroatoms. The number of aromatic nitrogens is 2. The number of carbonyl (C=O) groups excluding carboxylic acids is 1. The van der Waals surface area contributed by atoms with Crippen LogP contribution in [-0.4, -0.2) is 39.6 Å². The van der Waals surface area contributed by atoms with Crippen LogP contribution in [0.2, 0.25) is 0 Å². The van der Waals surface area contributed by atoms with Gasteiger partial charge in [0.2, 0.25) is 5.91 Å². The van der Waals surface area contributed by atoms with E-state index in [0.29, 0.717) is 35.3 Å². The number of rotatable bonds is 8. The minimum absolute atomic E-state index is 0.0110. The molecule has 1 amide bonds. The van der Waals surface area contributed by atoms with Crippen molar-refractivity contribution in [3.8, 4) is 17.6 Å². The molecule has 2 aromatic rings. The SMILES string of the molecule is C[C@@H](CCOc1cncnc1)N(c1cc(C#CC(C)(C)C)sc1C(=O)O)C(=O)[C@H]1CC[C@H](C)CC1. The summed E-state index contributed by atoms with van der Waals surface area (Å²) < 4.78 is 5.76. The lowest BCUT2D eigenvalue weighted by Gasteiger charge is -2.34. The summed E-state index contributed by atoms with van der Waals surface area (Å²) in [6, 6.07) is 1.50. The molecular formula is C27H35N3O4S. The van der Waals surface area contributed by atoms with Crippen LogP contribution < -0.4 is 9.64 Å². The third-order valence-electron chi connectivity index (χ3n) is 6.11. The van der Waals surface area contributed by atoms with Gasteiger partial charge in [-0.2, -0.15) is 0 Å². The molecule has 1 fully saturated rings. The number of hydrogen-bond donors (Lipinski definition) is 1. The molecule has 1 aliphatic rings. The summed E-state index contributed by atoms with van der Waals surface area (Å²) in [5, 5.41) is 9.98. The predicted molar refractivity (Wildman–Crippen MR) is 138 cm³/mol. The summed E-state index contributed by atoms with van der Waals surface area (Å²) in [5.41, 5.74) is 0.216. The molecule has 0 radical (unpaired) electrons. The van der Waals surface area contributed by atoms with Crippen LogP contribution in [0.5, 0.6) is 5.75 Å². The van der Waals surface area contributed by atoms with Crippen LogP contribution in [0.15, 0.2) is 24.8 Å². The molecule has 0 unspecified atom stereocenters. The van der Waals surface area contributed by atoms with E-state index in [2.05, 4.69) is 28.7 Å². The summed E-state index contributed by atoms with van der Waals surface area (Å²) in [5.74, 6) is 6.28. The van der Waals surface area contributed by atoms with E-state index in [9.17, 15) is 14.7 Å². The van der Waals surface area contributed by atoms with Gasteiger partial charge < -0.3 is 14.7 Å². The lowest BCUT2D eigenvalue weighted by atomic mass is 9.82. The van der Waals surface area contributed by atoms with Gasteiger partial charge in [-0.05, 0) is 65.4 Å². The van der Waals surface area contributed by atoms with Gasteiger partial charge in [-0.1, -0.05) is 18.8 Å². The number of amides is 1. The van der Waals surface area contributed by atoms with Crippen LogP contribution in [0.4, 0.5) is 5.69 Å². The number of hydrogen-bond acceptors (Lipinski definition) is 6. The molecule has 1 atom stereocenters. The first-order valence-electron chi connectivity index (χ1n) is 12.2. The van der Waals surface area contributed by atoms with Crippen molar-refractivity contribution in [1.82, 2.24) is 9.97 Å². The maximum atomic E-state index is 13.8. The van der Waals surface area contributed by atoms with Gasteiger partial charge in [0.05, 0.1) is 29.6 Å². The van der Waals surface area contributed by atoms with Gasteiger partial charge in [0, 0.05) is 23.8 Å². The van der Waals surface area contributed by atoms with Crippen molar-refractivity contribution in [2.75, 3.05) is 11.5 Å². The molecule has 0 aromatic carbocycles. The van der Waals surface area contributed by atoms with Gasteiger partial charge in [-0.3, -0.25) is 4.79 Å². The van der Waals surface area contributed by atoms with E-state index in [1.165, 1.54) is 6.33 Å². The van der Waals surface area contributed by atoms with Crippen molar-refractivity contribution in [3.05, 3.63) is 34.5 Å². The van der Waals surface area contributed by atoms with Gasteiger partial charge in [0.15, 0.2) is 5.75 Å².